The lowest BCUT2D eigenvalue weighted by Gasteiger charge is -2.58. The van der Waals surface area contributed by atoms with Crippen molar-refractivity contribution in [1.29, 1.82) is 0 Å². The van der Waals surface area contributed by atoms with Crippen LogP contribution in [0, 0.1) is 34.5 Å². The molecule has 0 amide bonds. The summed E-state index contributed by atoms with van der Waals surface area (Å²) in [5.74, 6) is 1.21. The van der Waals surface area contributed by atoms with E-state index in [1.807, 2.05) is 6.92 Å². The summed E-state index contributed by atoms with van der Waals surface area (Å²) < 4.78 is 11.3. The zero-order valence-electron chi connectivity index (χ0n) is 19.1. The Hall–Kier alpha value is -1.36. The van der Waals surface area contributed by atoms with E-state index in [2.05, 4.69) is 19.9 Å². The molecule has 0 bridgehead atoms. The van der Waals surface area contributed by atoms with Crippen LogP contribution in [-0.4, -0.2) is 35.4 Å². The molecular formula is C25H38O5. The number of ether oxygens (including phenoxy) is 2. The summed E-state index contributed by atoms with van der Waals surface area (Å²) in [5, 5.41) is 10.6. The van der Waals surface area contributed by atoms with Crippen molar-refractivity contribution >= 4 is 11.9 Å². The van der Waals surface area contributed by atoms with Crippen LogP contribution in [0.4, 0.5) is 0 Å². The first kappa shape index (κ1) is 21.9. The van der Waals surface area contributed by atoms with E-state index >= 15 is 0 Å². The lowest BCUT2D eigenvalue weighted by atomic mass is 9.47. The number of aliphatic hydroxyl groups is 1. The second-order valence-electron chi connectivity index (χ2n) is 10.9. The molecule has 0 aliphatic heterocycles. The van der Waals surface area contributed by atoms with Crippen molar-refractivity contribution in [3.8, 4) is 0 Å². The van der Waals surface area contributed by atoms with E-state index in [1.165, 1.54) is 19.4 Å². The third-order valence-electron chi connectivity index (χ3n) is 9.31. The van der Waals surface area contributed by atoms with Gasteiger partial charge in [0.15, 0.2) is 0 Å². The minimum atomic E-state index is -0.481. The third-order valence-corrected chi connectivity index (χ3v) is 9.31. The number of aliphatic hydroxyl groups excluding tert-OH is 1. The minimum Gasteiger partial charge on any atom is -0.462 e. The summed E-state index contributed by atoms with van der Waals surface area (Å²) in [4.78, 5) is 23.2. The van der Waals surface area contributed by atoms with Crippen LogP contribution in [-0.2, 0) is 19.1 Å². The number of allylic oxidation sites excluding steroid dienone is 1. The summed E-state index contributed by atoms with van der Waals surface area (Å²) in [6, 6.07) is 0. The monoisotopic (exact) mass is 418 g/mol. The van der Waals surface area contributed by atoms with Crippen molar-refractivity contribution in [2.24, 2.45) is 34.5 Å². The van der Waals surface area contributed by atoms with Crippen molar-refractivity contribution in [2.75, 3.05) is 0 Å². The summed E-state index contributed by atoms with van der Waals surface area (Å²) >= 11 is 0. The average Bonchev–Trinajstić information content (AvgIpc) is 2.92. The molecule has 5 heteroatoms. The van der Waals surface area contributed by atoms with Gasteiger partial charge >= 0.3 is 11.9 Å². The number of carbonyl (C=O) groups is 2. The molecule has 0 heterocycles. The van der Waals surface area contributed by atoms with Crippen molar-refractivity contribution in [3.63, 3.8) is 0 Å². The van der Waals surface area contributed by atoms with E-state index in [-0.39, 0.29) is 40.9 Å². The van der Waals surface area contributed by atoms with Gasteiger partial charge in [-0.2, -0.15) is 0 Å². The Bertz CT molecular complexity index is 742. The van der Waals surface area contributed by atoms with Crippen LogP contribution < -0.4 is 0 Å². The maximum Gasteiger partial charge on any atom is 0.302 e. The molecule has 0 aromatic heterocycles. The van der Waals surface area contributed by atoms with Gasteiger partial charge in [-0.3, -0.25) is 9.59 Å². The van der Waals surface area contributed by atoms with Crippen LogP contribution in [0.2, 0.25) is 0 Å². The van der Waals surface area contributed by atoms with E-state index in [4.69, 9.17) is 9.47 Å². The van der Waals surface area contributed by atoms with Crippen LogP contribution in [0.1, 0.15) is 79.6 Å². The van der Waals surface area contributed by atoms with E-state index in [0.29, 0.717) is 17.8 Å². The molecule has 30 heavy (non-hydrogen) atoms. The first-order chi connectivity index (χ1) is 14.1. The molecule has 0 spiro atoms. The van der Waals surface area contributed by atoms with Gasteiger partial charge in [0, 0.05) is 26.2 Å². The van der Waals surface area contributed by atoms with Gasteiger partial charge in [-0.1, -0.05) is 25.5 Å². The first-order valence-corrected chi connectivity index (χ1v) is 11.8. The molecule has 0 aromatic carbocycles. The quantitative estimate of drug-likeness (QED) is 0.543. The maximum absolute atomic E-state index is 11.8. The van der Waals surface area contributed by atoms with Crippen LogP contribution in [0.25, 0.3) is 0 Å². The van der Waals surface area contributed by atoms with Crippen molar-refractivity contribution in [3.05, 3.63) is 11.6 Å². The Morgan fingerprint density at radius 3 is 2.43 bits per heavy atom. The van der Waals surface area contributed by atoms with E-state index in [0.717, 1.165) is 44.9 Å². The second-order valence-corrected chi connectivity index (χ2v) is 10.9. The van der Waals surface area contributed by atoms with Crippen molar-refractivity contribution in [2.45, 2.75) is 97.9 Å². The highest BCUT2D eigenvalue weighted by Gasteiger charge is 2.62. The Balaban J connectivity index is 1.61. The van der Waals surface area contributed by atoms with Crippen LogP contribution in [0.15, 0.2) is 11.6 Å². The van der Waals surface area contributed by atoms with Crippen LogP contribution >= 0.6 is 0 Å². The molecule has 3 saturated carbocycles. The molecule has 0 radical (unpaired) electrons. The van der Waals surface area contributed by atoms with E-state index in [9.17, 15) is 14.7 Å². The highest BCUT2D eigenvalue weighted by atomic mass is 16.5. The molecule has 0 saturated heterocycles. The van der Waals surface area contributed by atoms with Gasteiger partial charge in [0.25, 0.3) is 0 Å². The summed E-state index contributed by atoms with van der Waals surface area (Å²) in [7, 11) is 0. The van der Waals surface area contributed by atoms with Gasteiger partial charge in [0.1, 0.15) is 12.2 Å². The molecule has 9 atom stereocenters. The van der Waals surface area contributed by atoms with Gasteiger partial charge in [-0.05, 0) is 74.0 Å². The zero-order chi connectivity index (χ0) is 21.8. The Morgan fingerprint density at radius 2 is 1.80 bits per heavy atom. The smallest absolute Gasteiger partial charge is 0.302 e. The average molecular weight is 419 g/mol. The van der Waals surface area contributed by atoms with Gasteiger partial charge in [0.05, 0.1) is 6.10 Å². The molecule has 4 aliphatic rings. The van der Waals surface area contributed by atoms with Gasteiger partial charge in [0.2, 0.25) is 0 Å². The fourth-order valence-electron chi connectivity index (χ4n) is 8.19. The van der Waals surface area contributed by atoms with Crippen molar-refractivity contribution < 1.29 is 24.2 Å². The molecule has 4 aliphatic carbocycles. The standard InChI is InChI=1S/C25H38O5/c1-14(26)23-22(30-16(3)28)13-21-19-7-6-17-12-18(29-15(2)27)8-10-24(17,4)20(19)9-11-25(21,23)5/h6,14,18-23,26H,7-13H2,1-5H3/t14-,18-,19+,20-,21-,22+,23-,24-,25-/m0/s1. The number of esters is 2. The predicted octanol–water partition coefficient (Wildman–Crippen LogP) is 4.42. The van der Waals surface area contributed by atoms with Crippen LogP contribution in [0.3, 0.4) is 0 Å². The molecular weight excluding hydrogens is 380 g/mol. The lowest BCUT2D eigenvalue weighted by molar-refractivity contribution is -0.152. The number of hydrogen-bond acceptors (Lipinski definition) is 5. The Labute approximate surface area is 180 Å². The third kappa shape index (κ3) is 3.41. The minimum absolute atomic E-state index is 0.00485. The normalized spacial score (nSPS) is 46.0. The highest BCUT2D eigenvalue weighted by Crippen LogP contribution is 2.67. The fourth-order valence-corrected chi connectivity index (χ4v) is 8.19. The summed E-state index contributed by atoms with van der Waals surface area (Å²) in [5.41, 5.74) is 1.65. The number of fused-ring (bicyclic) bond motifs is 5. The van der Waals surface area contributed by atoms with E-state index in [1.54, 1.807) is 0 Å². The summed E-state index contributed by atoms with van der Waals surface area (Å²) in [6.07, 6.45) is 8.78. The Morgan fingerprint density at radius 1 is 1.10 bits per heavy atom. The first-order valence-electron chi connectivity index (χ1n) is 11.8. The second kappa shape index (κ2) is 7.65. The molecule has 168 valence electrons. The predicted molar refractivity (Wildman–Crippen MR) is 113 cm³/mol. The molecule has 3 fully saturated rings. The lowest BCUT2D eigenvalue weighted by Crippen LogP contribution is -2.51. The Kier molecular flexibility index (Phi) is 5.57. The van der Waals surface area contributed by atoms with Crippen LogP contribution in [0.5, 0.6) is 0 Å². The summed E-state index contributed by atoms with van der Waals surface area (Å²) in [6.45, 7) is 9.59. The SMILES string of the molecule is CC(=O)O[C@H]1CC[C@@]2(C)C(=CC[C@H]3[C@@H]4C[C@@H](OC(C)=O)[C@H]([C@H](C)O)[C@@]4(C)CC[C@@H]32)C1. The molecule has 0 aromatic rings. The number of rotatable bonds is 3. The highest BCUT2D eigenvalue weighted by molar-refractivity contribution is 5.66. The molecule has 4 rings (SSSR count). The number of hydrogen-bond donors (Lipinski definition) is 1. The van der Waals surface area contributed by atoms with E-state index < -0.39 is 6.10 Å². The van der Waals surface area contributed by atoms with Gasteiger partial charge in [-0.15, -0.1) is 0 Å². The van der Waals surface area contributed by atoms with Crippen molar-refractivity contribution in [1.82, 2.24) is 0 Å². The topological polar surface area (TPSA) is 72.8 Å². The molecule has 1 N–H and O–H groups in total. The zero-order valence-corrected chi connectivity index (χ0v) is 19.1. The fraction of sp³-hybridized carbons (Fsp3) is 0.840. The molecule has 5 nitrogen and oxygen atoms in total. The largest absolute Gasteiger partial charge is 0.462 e. The number of carbonyl (C=O) groups excluding carboxylic acids is 2. The molecule has 0 unspecified atom stereocenters. The van der Waals surface area contributed by atoms with Gasteiger partial charge in [-0.25, -0.2) is 0 Å². The maximum atomic E-state index is 11.8. The van der Waals surface area contributed by atoms with Gasteiger partial charge < -0.3 is 14.6 Å².